The van der Waals surface area contributed by atoms with E-state index in [9.17, 15) is 13.6 Å². The van der Waals surface area contributed by atoms with Crippen LogP contribution in [0.4, 0.5) is 8.78 Å². The third-order valence-electron chi connectivity index (χ3n) is 4.35. The Hall–Kier alpha value is -2.86. The Morgan fingerprint density at radius 1 is 1.08 bits per heavy atom. The number of fused-ring (bicyclic) bond motifs is 1. The highest BCUT2D eigenvalue weighted by molar-refractivity contribution is 7.08. The van der Waals surface area contributed by atoms with Gasteiger partial charge in [0.2, 0.25) is 0 Å². The molecule has 0 amide bonds. The Labute approximate surface area is 152 Å². The summed E-state index contributed by atoms with van der Waals surface area (Å²) < 4.78 is 29.6. The first-order valence-corrected chi connectivity index (χ1v) is 9.04. The van der Waals surface area contributed by atoms with Crippen LogP contribution < -0.4 is 0 Å². The summed E-state index contributed by atoms with van der Waals surface area (Å²) in [4.78, 5) is 15.7. The summed E-state index contributed by atoms with van der Waals surface area (Å²) in [5.74, 6) is -0.511. The molecule has 0 atom stereocenters. The summed E-state index contributed by atoms with van der Waals surface area (Å²) in [5.41, 5.74) is 3.97. The standard InChI is InChI=1S/C20H14F2N2OS/c1-2-24-19-6-3-12(9-25)7-18(19)23-20(24)16-11-26-10-15(16)14-5-4-13(21)8-17(14)22/h3-11H,2H2,1H3. The summed E-state index contributed by atoms with van der Waals surface area (Å²) in [7, 11) is 0. The van der Waals surface area contributed by atoms with Crippen molar-refractivity contribution in [3.8, 4) is 22.5 Å². The second kappa shape index (κ2) is 6.46. The lowest BCUT2D eigenvalue weighted by Gasteiger charge is -2.08. The van der Waals surface area contributed by atoms with Gasteiger partial charge >= 0.3 is 0 Å². The van der Waals surface area contributed by atoms with E-state index in [4.69, 9.17) is 0 Å². The molecule has 0 aliphatic carbocycles. The van der Waals surface area contributed by atoms with Crippen LogP contribution in [0.3, 0.4) is 0 Å². The third kappa shape index (κ3) is 2.63. The van der Waals surface area contributed by atoms with Crippen LogP contribution in [0.15, 0.2) is 47.2 Å². The van der Waals surface area contributed by atoms with Crippen LogP contribution in [0, 0.1) is 11.6 Å². The third-order valence-corrected chi connectivity index (χ3v) is 5.09. The summed E-state index contributed by atoms with van der Waals surface area (Å²) >= 11 is 1.44. The van der Waals surface area contributed by atoms with Crippen LogP contribution in [0.1, 0.15) is 17.3 Å². The number of imidazole rings is 1. The zero-order valence-electron chi connectivity index (χ0n) is 13.9. The van der Waals surface area contributed by atoms with Crippen molar-refractivity contribution in [1.29, 1.82) is 0 Å². The van der Waals surface area contributed by atoms with Gasteiger partial charge in [0.05, 0.1) is 11.0 Å². The molecular weight excluding hydrogens is 354 g/mol. The van der Waals surface area contributed by atoms with Crippen LogP contribution in [0.5, 0.6) is 0 Å². The molecule has 2 heterocycles. The van der Waals surface area contributed by atoms with E-state index in [1.165, 1.54) is 23.5 Å². The zero-order valence-corrected chi connectivity index (χ0v) is 14.7. The first kappa shape index (κ1) is 16.6. The van der Waals surface area contributed by atoms with Gasteiger partial charge in [-0.3, -0.25) is 4.79 Å². The molecule has 4 rings (SSSR count). The molecule has 0 saturated carbocycles. The van der Waals surface area contributed by atoms with Crippen molar-refractivity contribution in [2.45, 2.75) is 13.5 Å². The Kier molecular flexibility index (Phi) is 4.12. The van der Waals surface area contributed by atoms with Crippen molar-refractivity contribution in [2.75, 3.05) is 0 Å². The quantitative estimate of drug-likeness (QED) is 0.443. The fourth-order valence-electron chi connectivity index (χ4n) is 3.13. The smallest absolute Gasteiger partial charge is 0.150 e. The van der Waals surface area contributed by atoms with E-state index in [-0.39, 0.29) is 0 Å². The molecule has 0 aliphatic heterocycles. The van der Waals surface area contributed by atoms with E-state index in [1.54, 1.807) is 12.1 Å². The molecule has 3 nitrogen and oxygen atoms in total. The van der Waals surface area contributed by atoms with Crippen molar-refractivity contribution < 1.29 is 13.6 Å². The predicted octanol–water partition coefficient (Wildman–Crippen LogP) is 5.54. The molecule has 2 aromatic carbocycles. The lowest BCUT2D eigenvalue weighted by molar-refractivity contribution is 0.112. The maximum Gasteiger partial charge on any atom is 0.150 e. The van der Waals surface area contributed by atoms with Crippen LogP contribution in [0.25, 0.3) is 33.5 Å². The van der Waals surface area contributed by atoms with Gasteiger partial charge in [0.25, 0.3) is 0 Å². The second-order valence-electron chi connectivity index (χ2n) is 5.87. The highest BCUT2D eigenvalue weighted by atomic mass is 32.1. The highest BCUT2D eigenvalue weighted by Gasteiger charge is 2.19. The number of hydrogen-bond acceptors (Lipinski definition) is 3. The van der Waals surface area contributed by atoms with E-state index in [0.29, 0.717) is 34.6 Å². The summed E-state index contributed by atoms with van der Waals surface area (Å²) in [6.45, 7) is 2.68. The summed E-state index contributed by atoms with van der Waals surface area (Å²) in [6, 6.07) is 8.93. The van der Waals surface area contributed by atoms with Crippen LogP contribution >= 0.6 is 11.3 Å². The number of hydrogen-bond donors (Lipinski definition) is 0. The molecule has 4 aromatic rings. The van der Waals surface area contributed by atoms with Gasteiger partial charge in [-0.1, -0.05) is 0 Å². The Bertz CT molecular complexity index is 1130. The highest BCUT2D eigenvalue weighted by Crippen LogP contribution is 2.37. The van der Waals surface area contributed by atoms with Crippen molar-refractivity contribution in [1.82, 2.24) is 9.55 Å². The van der Waals surface area contributed by atoms with Gasteiger partial charge in [-0.05, 0) is 42.6 Å². The lowest BCUT2D eigenvalue weighted by Crippen LogP contribution is -1.98. The summed E-state index contributed by atoms with van der Waals surface area (Å²) in [5, 5.41) is 3.74. The molecule has 0 unspecified atom stereocenters. The van der Waals surface area contributed by atoms with Gasteiger partial charge in [-0.25, -0.2) is 13.8 Å². The van der Waals surface area contributed by atoms with Crippen LogP contribution in [0.2, 0.25) is 0 Å². The van der Waals surface area contributed by atoms with E-state index in [2.05, 4.69) is 4.98 Å². The molecule has 6 heteroatoms. The molecular formula is C20H14F2N2OS. The molecule has 2 aromatic heterocycles. The number of aldehydes is 1. The van der Waals surface area contributed by atoms with Gasteiger partial charge in [0.15, 0.2) is 0 Å². The zero-order chi connectivity index (χ0) is 18.3. The Balaban J connectivity index is 1.94. The minimum Gasteiger partial charge on any atom is -0.324 e. The maximum atomic E-state index is 14.3. The van der Waals surface area contributed by atoms with Gasteiger partial charge in [-0.15, -0.1) is 0 Å². The number of carbonyl (C=O) groups is 1. The maximum absolute atomic E-state index is 14.3. The minimum atomic E-state index is -0.606. The fourth-order valence-corrected chi connectivity index (χ4v) is 3.96. The molecule has 0 aliphatic rings. The number of thiophene rings is 1. The number of benzene rings is 2. The predicted molar refractivity (Wildman–Crippen MR) is 99.5 cm³/mol. The molecule has 130 valence electrons. The van der Waals surface area contributed by atoms with Crippen molar-refractivity contribution >= 4 is 28.7 Å². The molecule has 0 spiro atoms. The molecule has 0 radical (unpaired) electrons. The number of nitrogens with zero attached hydrogens (tertiary/aromatic N) is 2. The molecule has 26 heavy (non-hydrogen) atoms. The largest absolute Gasteiger partial charge is 0.324 e. The van der Waals surface area contributed by atoms with Crippen molar-refractivity contribution in [2.24, 2.45) is 0 Å². The molecule has 0 bridgehead atoms. The molecule has 0 saturated heterocycles. The Morgan fingerprint density at radius 3 is 2.62 bits per heavy atom. The first-order valence-electron chi connectivity index (χ1n) is 8.09. The monoisotopic (exact) mass is 368 g/mol. The number of aryl methyl sites for hydroxylation is 1. The molecule has 0 fully saturated rings. The van der Waals surface area contributed by atoms with Crippen LogP contribution in [-0.4, -0.2) is 15.8 Å². The van der Waals surface area contributed by atoms with Crippen molar-refractivity contribution in [3.05, 3.63) is 64.4 Å². The average Bonchev–Trinajstić information content (AvgIpc) is 3.24. The SMILES string of the molecule is CCn1c(-c2cscc2-c2ccc(F)cc2F)nc2cc(C=O)ccc21. The summed E-state index contributed by atoms with van der Waals surface area (Å²) in [6.07, 6.45) is 0.786. The lowest BCUT2D eigenvalue weighted by atomic mass is 10.0. The fraction of sp³-hybridized carbons (Fsp3) is 0.100. The number of carbonyl (C=O) groups excluding carboxylic acids is 1. The molecule has 0 N–H and O–H groups in total. The average molecular weight is 368 g/mol. The van der Waals surface area contributed by atoms with E-state index >= 15 is 0 Å². The number of rotatable bonds is 4. The van der Waals surface area contributed by atoms with Crippen molar-refractivity contribution in [3.63, 3.8) is 0 Å². The van der Waals surface area contributed by atoms with Gasteiger partial charge in [-0.2, -0.15) is 11.3 Å². The van der Waals surface area contributed by atoms with Gasteiger partial charge < -0.3 is 4.57 Å². The van der Waals surface area contributed by atoms with Gasteiger partial charge in [0.1, 0.15) is 23.7 Å². The normalized spacial score (nSPS) is 11.2. The first-order chi connectivity index (χ1) is 12.6. The van der Waals surface area contributed by atoms with Gasteiger partial charge in [0, 0.05) is 40.2 Å². The number of halogens is 2. The second-order valence-corrected chi connectivity index (χ2v) is 6.61. The minimum absolute atomic E-state index is 0.339. The van der Waals surface area contributed by atoms with E-state index in [0.717, 1.165) is 23.4 Å². The van der Waals surface area contributed by atoms with E-state index in [1.807, 2.05) is 28.3 Å². The Morgan fingerprint density at radius 2 is 1.88 bits per heavy atom. The van der Waals surface area contributed by atoms with Crippen LogP contribution in [-0.2, 0) is 6.54 Å². The topological polar surface area (TPSA) is 34.9 Å². The van der Waals surface area contributed by atoms with E-state index < -0.39 is 11.6 Å². The number of aromatic nitrogens is 2.